The molecule has 0 atom stereocenters. The fourth-order valence-corrected chi connectivity index (χ4v) is 1.43. The van der Waals surface area contributed by atoms with Crippen LogP contribution in [0.3, 0.4) is 0 Å². The molecule has 2 aromatic rings. The van der Waals surface area contributed by atoms with Crippen LogP contribution in [0.2, 0.25) is 0 Å². The molecule has 0 aromatic heterocycles. The monoisotopic (exact) mass is 272 g/mol. The van der Waals surface area contributed by atoms with Crippen molar-refractivity contribution < 1.29 is 19.1 Å². The van der Waals surface area contributed by atoms with E-state index in [0.717, 1.165) is 18.1 Å². The van der Waals surface area contributed by atoms with E-state index in [2.05, 4.69) is 0 Å². The van der Waals surface area contributed by atoms with Crippen LogP contribution in [-0.4, -0.2) is 26.8 Å². The number of carbonyl (C=O) groups excluding carboxylic acids is 2. The number of benzene rings is 2. The van der Waals surface area contributed by atoms with Gasteiger partial charge in [0.15, 0.2) is 0 Å². The number of aldehydes is 2. The smallest absolute Gasteiger partial charge is 0.150 e. The molecule has 0 radical (unpaired) electrons. The van der Waals surface area contributed by atoms with Crippen LogP contribution in [0.1, 0.15) is 20.7 Å². The summed E-state index contributed by atoms with van der Waals surface area (Å²) >= 11 is 0. The van der Waals surface area contributed by atoms with Gasteiger partial charge in [0.25, 0.3) is 0 Å². The van der Waals surface area contributed by atoms with Crippen LogP contribution in [-0.2, 0) is 0 Å². The van der Waals surface area contributed by atoms with E-state index < -0.39 is 0 Å². The van der Waals surface area contributed by atoms with Gasteiger partial charge in [-0.2, -0.15) is 0 Å². The van der Waals surface area contributed by atoms with Gasteiger partial charge in [-0.15, -0.1) is 0 Å². The summed E-state index contributed by atoms with van der Waals surface area (Å²) in [5.41, 5.74) is 1.28. The van der Waals surface area contributed by atoms with Crippen molar-refractivity contribution in [2.75, 3.05) is 14.2 Å². The first-order chi connectivity index (χ1) is 9.73. The van der Waals surface area contributed by atoms with Crippen LogP contribution in [0.15, 0.2) is 48.5 Å². The molecule has 0 aliphatic rings. The highest BCUT2D eigenvalue weighted by Gasteiger charge is 1.99. The average Bonchev–Trinajstić information content (AvgIpc) is 2.55. The standard InChI is InChI=1S/C9H10O3.C7H6O/c1-11-8-3-7(6-10)4-9(5-8)12-2;8-6-7-4-2-1-3-5-7/h3-6H,1-2H3;1-6H. The molecule has 4 nitrogen and oxygen atoms in total. The quantitative estimate of drug-likeness (QED) is 0.803. The molecule has 0 bridgehead atoms. The minimum absolute atomic E-state index is 0.547. The van der Waals surface area contributed by atoms with Crippen molar-refractivity contribution >= 4 is 12.6 Å². The molecule has 4 heteroatoms. The predicted octanol–water partition coefficient (Wildman–Crippen LogP) is 3.02. The van der Waals surface area contributed by atoms with E-state index in [9.17, 15) is 9.59 Å². The van der Waals surface area contributed by atoms with Crippen LogP contribution in [0, 0.1) is 0 Å². The molecule has 2 rings (SSSR count). The van der Waals surface area contributed by atoms with Gasteiger partial charge in [0.2, 0.25) is 0 Å². The lowest BCUT2D eigenvalue weighted by atomic mass is 10.2. The summed E-state index contributed by atoms with van der Waals surface area (Å²) < 4.78 is 9.92. The summed E-state index contributed by atoms with van der Waals surface area (Å²) in [6.07, 6.45) is 1.59. The molecule has 20 heavy (non-hydrogen) atoms. The largest absolute Gasteiger partial charge is 0.497 e. The first kappa shape index (κ1) is 15.4. The Morgan fingerprint density at radius 2 is 1.25 bits per heavy atom. The van der Waals surface area contributed by atoms with E-state index in [-0.39, 0.29) is 0 Å². The highest BCUT2D eigenvalue weighted by molar-refractivity contribution is 5.76. The second kappa shape index (κ2) is 8.48. The molecule has 0 unspecified atom stereocenters. The lowest BCUT2D eigenvalue weighted by molar-refractivity contribution is 0.111. The van der Waals surface area contributed by atoms with Gasteiger partial charge in [0.05, 0.1) is 14.2 Å². The van der Waals surface area contributed by atoms with Crippen molar-refractivity contribution in [3.8, 4) is 11.5 Å². The minimum atomic E-state index is 0.547. The molecular weight excluding hydrogens is 256 g/mol. The SMILES string of the molecule is COc1cc(C=O)cc(OC)c1.O=Cc1ccccc1. The third-order valence-electron chi connectivity index (χ3n) is 2.45. The van der Waals surface area contributed by atoms with Gasteiger partial charge in [-0.3, -0.25) is 9.59 Å². The maximum absolute atomic E-state index is 10.4. The molecule has 0 fully saturated rings. The summed E-state index contributed by atoms with van der Waals surface area (Å²) in [6, 6.07) is 14.1. The molecule has 0 N–H and O–H groups in total. The number of rotatable bonds is 4. The molecule has 0 saturated heterocycles. The summed E-state index contributed by atoms with van der Waals surface area (Å²) in [7, 11) is 3.09. The van der Waals surface area contributed by atoms with E-state index in [4.69, 9.17) is 9.47 Å². The van der Waals surface area contributed by atoms with E-state index in [1.165, 1.54) is 0 Å². The van der Waals surface area contributed by atoms with Gasteiger partial charge in [0, 0.05) is 17.2 Å². The Morgan fingerprint density at radius 3 is 1.60 bits per heavy atom. The Labute approximate surface area is 118 Å². The maximum atomic E-state index is 10.4. The number of carbonyl (C=O) groups is 2. The zero-order valence-corrected chi connectivity index (χ0v) is 11.4. The van der Waals surface area contributed by atoms with Crippen LogP contribution in [0.4, 0.5) is 0 Å². The van der Waals surface area contributed by atoms with Crippen LogP contribution in [0.25, 0.3) is 0 Å². The third kappa shape index (κ3) is 4.94. The molecular formula is C16H16O4. The summed E-state index contributed by atoms with van der Waals surface area (Å²) in [5, 5.41) is 0. The molecule has 104 valence electrons. The first-order valence-electron chi connectivity index (χ1n) is 5.92. The zero-order valence-electron chi connectivity index (χ0n) is 11.4. The van der Waals surface area contributed by atoms with Crippen molar-refractivity contribution in [1.29, 1.82) is 0 Å². The Hall–Kier alpha value is -2.62. The van der Waals surface area contributed by atoms with Crippen molar-refractivity contribution in [3.63, 3.8) is 0 Å². The summed E-state index contributed by atoms with van der Waals surface area (Å²) in [6.45, 7) is 0. The van der Waals surface area contributed by atoms with E-state index in [1.807, 2.05) is 18.2 Å². The summed E-state index contributed by atoms with van der Waals surface area (Å²) in [5.74, 6) is 1.24. The topological polar surface area (TPSA) is 52.6 Å². The normalized spacial score (nSPS) is 8.90. The minimum Gasteiger partial charge on any atom is -0.497 e. The fraction of sp³-hybridized carbons (Fsp3) is 0.125. The molecule has 0 aliphatic carbocycles. The fourth-order valence-electron chi connectivity index (χ4n) is 1.43. The third-order valence-corrected chi connectivity index (χ3v) is 2.45. The summed E-state index contributed by atoms with van der Waals surface area (Å²) in [4.78, 5) is 20.4. The Bertz CT molecular complexity index is 527. The van der Waals surface area contributed by atoms with Crippen LogP contribution in [0.5, 0.6) is 11.5 Å². The van der Waals surface area contributed by atoms with Crippen molar-refractivity contribution in [2.24, 2.45) is 0 Å². The number of ether oxygens (including phenoxy) is 2. The van der Waals surface area contributed by atoms with Gasteiger partial charge in [-0.25, -0.2) is 0 Å². The van der Waals surface area contributed by atoms with E-state index in [1.54, 1.807) is 44.6 Å². The van der Waals surface area contributed by atoms with E-state index in [0.29, 0.717) is 17.1 Å². The second-order valence-electron chi connectivity index (χ2n) is 3.79. The van der Waals surface area contributed by atoms with Gasteiger partial charge in [-0.05, 0) is 12.1 Å². The highest BCUT2D eigenvalue weighted by atomic mass is 16.5. The predicted molar refractivity (Wildman–Crippen MR) is 76.8 cm³/mol. The molecule has 0 saturated carbocycles. The lowest BCUT2D eigenvalue weighted by Gasteiger charge is -2.04. The van der Waals surface area contributed by atoms with Crippen molar-refractivity contribution in [3.05, 3.63) is 59.7 Å². The van der Waals surface area contributed by atoms with E-state index >= 15 is 0 Å². The van der Waals surface area contributed by atoms with Gasteiger partial charge < -0.3 is 9.47 Å². The zero-order chi connectivity index (χ0) is 14.8. The molecule has 0 amide bonds. The Balaban J connectivity index is 0.000000217. The number of methoxy groups -OCH3 is 2. The van der Waals surface area contributed by atoms with Crippen LogP contribution >= 0.6 is 0 Å². The lowest BCUT2D eigenvalue weighted by Crippen LogP contribution is -1.89. The Kier molecular flexibility index (Phi) is 6.54. The molecule has 0 spiro atoms. The molecule has 0 aliphatic heterocycles. The number of hydrogen-bond acceptors (Lipinski definition) is 4. The highest BCUT2D eigenvalue weighted by Crippen LogP contribution is 2.21. The van der Waals surface area contributed by atoms with Gasteiger partial charge in [0.1, 0.15) is 24.1 Å². The average molecular weight is 272 g/mol. The van der Waals surface area contributed by atoms with Crippen molar-refractivity contribution in [1.82, 2.24) is 0 Å². The molecule has 0 heterocycles. The second-order valence-corrected chi connectivity index (χ2v) is 3.79. The first-order valence-corrected chi connectivity index (χ1v) is 5.92. The van der Waals surface area contributed by atoms with Gasteiger partial charge >= 0.3 is 0 Å². The number of hydrogen-bond donors (Lipinski definition) is 0. The Morgan fingerprint density at radius 1 is 0.750 bits per heavy atom. The van der Waals surface area contributed by atoms with Crippen molar-refractivity contribution in [2.45, 2.75) is 0 Å². The van der Waals surface area contributed by atoms with Crippen LogP contribution < -0.4 is 9.47 Å². The van der Waals surface area contributed by atoms with Gasteiger partial charge in [-0.1, -0.05) is 30.3 Å². The molecule has 2 aromatic carbocycles. The maximum Gasteiger partial charge on any atom is 0.150 e.